The number of nitrogen functional groups attached to an aromatic ring is 1. The van der Waals surface area contributed by atoms with Crippen LogP contribution in [0.15, 0.2) is 30.5 Å². The van der Waals surface area contributed by atoms with Gasteiger partial charge in [0.2, 0.25) is 0 Å². The maximum absolute atomic E-state index is 6.18. The van der Waals surface area contributed by atoms with Gasteiger partial charge in [-0.05, 0) is 37.0 Å². The summed E-state index contributed by atoms with van der Waals surface area (Å²) in [6.45, 7) is 4.52. The Morgan fingerprint density at radius 3 is 2.83 bits per heavy atom. The first-order chi connectivity index (χ1) is 8.74. The largest absolute Gasteiger partial charge is 0.397 e. The minimum Gasteiger partial charge on any atom is -0.397 e. The smallest absolute Gasteiger partial charge is 0.0724 e. The predicted octanol–water partition coefficient (Wildman–Crippen LogP) is 3.05. The molecule has 2 aromatic rings. The predicted molar refractivity (Wildman–Crippen MR) is 76.8 cm³/mol. The van der Waals surface area contributed by atoms with Crippen molar-refractivity contribution in [3.05, 3.63) is 30.5 Å². The van der Waals surface area contributed by atoms with Gasteiger partial charge in [-0.3, -0.25) is 4.98 Å². The Labute approximate surface area is 108 Å². The number of aromatic nitrogens is 1. The molecule has 3 rings (SSSR count). The highest BCUT2D eigenvalue weighted by molar-refractivity contribution is 5.89. The molecule has 2 N–H and O–H groups in total. The second kappa shape index (κ2) is 4.48. The van der Waals surface area contributed by atoms with Gasteiger partial charge in [0.15, 0.2) is 0 Å². The molecule has 0 radical (unpaired) electrons. The van der Waals surface area contributed by atoms with Crippen LogP contribution in [0.2, 0.25) is 0 Å². The molecular weight excluding hydrogens is 222 g/mol. The van der Waals surface area contributed by atoms with Gasteiger partial charge >= 0.3 is 0 Å². The van der Waals surface area contributed by atoms with Crippen molar-refractivity contribution in [3.8, 4) is 0 Å². The van der Waals surface area contributed by atoms with Gasteiger partial charge in [-0.25, -0.2) is 0 Å². The van der Waals surface area contributed by atoms with Crippen LogP contribution in [-0.2, 0) is 0 Å². The summed E-state index contributed by atoms with van der Waals surface area (Å²) >= 11 is 0. The van der Waals surface area contributed by atoms with Gasteiger partial charge in [0, 0.05) is 24.7 Å². The third kappa shape index (κ3) is 2.01. The van der Waals surface area contributed by atoms with Crippen molar-refractivity contribution in [1.82, 2.24) is 4.98 Å². The summed E-state index contributed by atoms with van der Waals surface area (Å²) in [5.74, 6) is 0.834. The summed E-state index contributed by atoms with van der Waals surface area (Å²) in [5.41, 5.74) is 9.22. The van der Waals surface area contributed by atoms with E-state index in [0.717, 1.165) is 41.3 Å². The van der Waals surface area contributed by atoms with Crippen molar-refractivity contribution >= 4 is 22.3 Å². The van der Waals surface area contributed by atoms with Crippen molar-refractivity contribution in [1.29, 1.82) is 0 Å². The second-order valence-corrected chi connectivity index (χ2v) is 5.28. The molecule has 3 nitrogen and oxygen atoms in total. The molecule has 1 aliphatic rings. The van der Waals surface area contributed by atoms with Crippen LogP contribution < -0.4 is 10.6 Å². The fourth-order valence-corrected chi connectivity index (χ4v) is 2.65. The van der Waals surface area contributed by atoms with Crippen LogP contribution in [0.3, 0.4) is 0 Å². The van der Waals surface area contributed by atoms with Crippen molar-refractivity contribution < 1.29 is 0 Å². The Morgan fingerprint density at radius 2 is 2.06 bits per heavy atom. The lowest BCUT2D eigenvalue weighted by Gasteiger charge is -2.33. The van der Waals surface area contributed by atoms with Crippen LogP contribution in [0.1, 0.15) is 19.8 Å². The van der Waals surface area contributed by atoms with E-state index < -0.39 is 0 Å². The van der Waals surface area contributed by atoms with Gasteiger partial charge in [-0.2, -0.15) is 0 Å². The highest BCUT2D eigenvalue weighted by Gasteiger charge is 2.18. The summed E-state index contributed by atoms with van der Waals surface area (Å²) in [6, 6.07) is 8.17. The fourth-order valence-electron chi connectivity index (χ4n) is 2.65. The van der Waals surface area contributed by atoms with Gasteiger partial charge in [-0.15, -0.1) is 0 Å². The molecule has 0 aliphatic carbocycles. The summed E-state index contributed by atoms with van der Waals surface area (Å²) in [6.07, 6.45) is 4.33. The van der Waals surface area contributed by atoms with E-state index in [0.29, 0.717) is 0 Å². The van der Waals surface area contributed by atoms with Crippen molar-refractivity contribution in [2.24, 2.45) is 5.92 Å². The molecule has 0 unspecified atom stereocenters. The SMILES string of the molecule is CC1CCN(c2cc3ncccc3cc2N)CC1. The summed E-state index contributed by atoms with van der Waals surface area (Å²) in [4.78, 5) is 6.80. The first-order valence-electron chi connectivity index (χ1n) is 6.63. The van der Waals surface area contributed by atoms with Gasteiger partial charge in [-0.1, -0.05) is 13.0 Å². The van der Waals surface area contributed by atoms with Crippen molar-refractivity contribution in [2.75, 3.05) is 23.7 Å². The first kappa shape index (κ1) is 11.3. The number of hydrogen-bond donors (Lipinski definition) is 1. The molecule has 1 saturated heterocycles. The van der Waals surface area contributed by atoms with E-state index in [9.17, 15) is 0 Å². The quantitative estimate of drug-likeness (QED) is 0.780. The maximum Gasteiger partial charge on any atom is 0.0724 e. The summed E-state index contributed by atoms with van der Waals surface area (Å²) in [7, 11) is 0. The number of nitrogens with zero attached hydrogens (tertiary/aromatic N) is 2. The van der Waals surface area contributed by atoms with Gasteiger partial charge in [0.25, 0.3) is 0 Å². The standard InChI is InChI=1S/C15H19N3/c1-11-4-7-18(8-5-11)15-10-14-12(9-13(15)16)3-2-6-17-14/h2-3,6,9-11H,4-5,7-8,16H2,1H3. The van der Waals surface area contributed by atoms with Gasteiger partial charge in [0.1, 0.15) is 0 Å². The molecule has 18 heavy (non-hydrogen) atoms. The maximum atomic E-state index is 6.18. The van der Waals surface area contributed by atoms with E-state index in [1.807, 2.05) is 18.3 Å². The molecule has 0 atom stereocenters. The lowest BCUT2D eigenvalue weighted by Crippen LogP contribution is -2.33. The molecular formula is C15H19N3. The number of fused-ring (bicyclic) bond motifs is 1. The molecule has 1 aliphatic heterocycles. The Kier molecular flexibility index (Phi) is 2.82. The third-order valence-corrected chi connectivity index (χ3v) is 3.88. The Morgan fingerprint density at radius 1 is 1.28 bits per heavy atom. The van der Waals surface area contributed by atoms with Crippen molar-refractivity contribution in [3.63, 3.8) is 0 Å². The van der Waals surface area contributed by atoms with Crippen LogP contribution in [-0.4, -0.2) is 18.1 Å². The molecule has 94 valence electrons. The Bertz CT molecular complexity index is 557. The lowest BCUT2D eigenvalue weighted by molar-refractivity contribution is 0.439. The highest BCUT2D eigenvalue weighted by atomic mass is 15.1. The average molecular weight is 241 g/mol. The first-order valence-corrected chi connectivity index (χ1v) is 6.63. The Hall–Kier alpha value is -1.77. The zero-order valence-corrected chi connectivity index (χ0v) is 10.8. The second-order valence-electron chi connectivity index (χ2n) is 5.28. The van der Waals surface area contributed by atoms with Crippen LogP contribution in [0.4, 0.5) is 11.4 Å². The monoisotopic (exact) mass is 241 g/mol. The zero-order chi connectivity index (χ0) is 12.5. The van der Waals surface area contributed by atoms with Crippen LogP contribution in [0, 0.1) is 5.92 Å². The number of pyridine rings is 1. The summed E-state index contributed by atoms with van der Waals surface area (Å²) < 4.78 is 0. The van der Waals surface area contributed by atoms with E-state index in [2.05, 4.69) is 28.9 Å². The van der Waals surface area contributed by atoms with Crippen LogP contribution in [0.5, 0.6) is 0 Å². The van der Waals surface area contributed by atoms with Crippen molar-refractivity contribution in [2.45, 2.75) is 19.8 Å². The molecule has 0 saturated carbocycles. The molecule has 1 aromatic carbocycles. The topological polar surface area (TPSA) is 42.2 Å². The normalized spacial score (nSPS) is 17.3. The number of benzene rings is 1. The zero-order valence-electron chi connectivity index (χ0n) is 10.8. The van der Waals surface area contributed by atoms with E-state index in [1.54, 1.807) is 0 Å². The molecule has 0 amide bonds. The minimum absolute atomic E-state index is 0.834. The number of nitrogens with two attached hydrogens (primary N) is 1. The number of rotatable bonds is 1. The van der Waals surface area contributed by atoms with E-state index in [-0.39, 0.29) is 0 Å². The fraction of sp³-hybridized carbons (Fsp3) is 0.400. The average Bonchev–Trinajstić information content (AvgIpc) is 2.39. The number of hydrogen-bond acceptors (Lipinski definition) is 3. The lowest BCUT2D eigenvalue weighted by atomic mass is 9.98. The minimum atomic E-state index is 0.834. The number of anilines is 2. The molecule has 1 aromatic heterocycles. The van der Waals surface area contributed by atoms with Crippen LogP contribution >= 0.6 is 0 Å². The molecule has 0 spiro atoms. The van der Waals surface area contributed by atoms with Crippen LogP contribution in [0.25, 0.3) is 10.9 Å². The molecule has 3 heteroatoms. The third-order valence-electron chi connectivity index (χ3n) is 3.88. The molecule has 0 bridgehead atoms. The number of piperidine rings is 1. The summed E-state index contributed by atoms with van der Waals surface area (Å²) in [5, 5.41) is 1.11. The molecule has 1 fully saturated rings. The Balaban J connectivity index is 1.98. The van der Waals surface area contributed by atoms with Gasteiger partial charge < -0.3 is 10.6 Å². The van der Waals surface area contributed by atoms with E-state index >= 15 is 0 Å². The van der Waals surface area contributed by atoms with E-state index in [1.165, 1.54) is 12.8 Å². The van der Waals surface area contributed by atoms with E-state index in [4.69, 9.17) is 5.73 Å². The van der Waals surface area contributed by atoms with Gasteiger partial charge in [0.05, 0.1) is 16.9 Å². The molecule has 2 heterocycles. The highest BCUT2D eigenvalue weighted by Crippen LogP contribution is 2.31.